The number of ether oxygens (including phenoxy) is 1. The van der Waals surface area contributed by atoms with Crippen molar-refractivity contribution < 1.29 is 23.1 Å². The molecule has 0 radical (unpaired) electrons. The lowest BCUT2D eigenvalue weighted by molar-refractivity contribution is 0.0493. The Balaban J connectivity index is 1.30. The molecule has 1 aromatic heterocycles. The molecule has 1 aliphatic rings. The zero-order valence-electron chi connectivity index (χ0n) is 25.1. The molecule has 8 heteroatoms. The first kappa shape index (κ1) is 30.3. The monoisotopic (exact) mass is 587 g/mol. The van der Waals surface area contributed by atoms with Crippen LogP contribution in [0.2, 0.25) is 0 Å². The molecule has 0 bridgehead atoms. The number of H-pyrrole nitrogens is 1. The van der Waals surface area contributed by atoms with Crippen molar-refractivity contribution in [3.05, 3.63) is 84.1 Å². The summed E-state index contributed by atoms with van der Waals surface area (Å²) in [5, 5.41) is 6.95. The van der Waals surface area contributed by atoms with Crippen molar-refractivity contribution >= 4 is 22.9 Å². The second kappa shape index (κ2) is 12.6. The van der Waals surface area contributed by atoms with Crippen LogP contribution in [0.25, 0.3) is 33.2 Å². The standard InChI is InChI=1S/C35H39F2N3O3/c1-21(5-18-29(23-6-7-23)40-34(42)43-35(2,3)4)20-38-33(41)32-31(24-10-15-27(37)16-11-24)28-17-12-25(19-30(28)39-32)22-8-13-26(36)14-9-22/h8-17,19,21,23,29,39H,5-7,18,20H2,1-4H3,(H,38,41)(H,40,42)/t21-,29?/m0/s1. The molecule has 0 spiro atoms. The molecule has 1 heterocycles. The molecule has 1 aliphatic carbocycles. The molecule has 6 nitrogen and oxygen atoms in total. The minimum absolute atomic E-state index is 0.0575. The average Bonchev–Trinajstić information content (AvgIpc) is 3.73. The van der Waals surface area contributed by atoms with Gasteiger partial charge in [-0.15, -0.1) is 0 Å². The first-order valence-corrected chi connectivity index (χ1v) is 14.9. The number of nitrogens with one attached hydrogen (secondary N) is 3. The van der Waals surface area contributed by atoms with Gasteiger partial charge in [-0.05, 0) is 105 Å². The van der Waals surface area contributed by atoms with Crippen LogP contribution >= 0.6 is 0 Å². The highest BCUT2D eigenvalue weighted by molar-refractivity contribution is 6.10. The largest absolute Gasteiger partial charge is 0.444 e. The van der Waals surface area contributed by atoms with Crippen LogP contribution < -0.4 is 10.6 Å². The SMILES string of the molecule is C[C@@H](CCC(NC(=O)OC(C)(C)C)C1CC1)CNC(=O)c1[nH]c2cc(-c3ccc(F)cc3)ccc2c1-c1ccc(F)cc1. The summed E-state index contributed by atoms with van der Waals surface area (Å²) in [4.78, 5) is 29.2. The summed E-state index contributed by atoms with van der Waals surface area (Å²) in [5.74, 6) is -0.268. The van der Waals surface area contributed by atoms with E-state index >= 15 is 0 Å². The number of amides is 2. The number of hydrogen-bond donors (Lipinski definition) is 3. The van der Waals surface area contributed by atoms with E-state index in [0.717, 1.165) is 53.3 Å². The summed E-state index contributed by atoms with van der Waals surface area (Å²) in [6.07, 6.45) is 3.44. The zero-order valence-corrected chi connectivity index (χ0v) is 25.1. The van der Waals surface area contributed by atoms with Crippen molar-refractivity contribution in [3.63, 3.8) is 0 Å². The summed E-state index contributed by atoms with van der Waals surface area (Å²) in [6.45, 7) is 8.09. The average molecular weight is 588 g/mol. The van der Waals surface area contributed by atoms with Gasteiger partial charge >= 0.3 is 6.09 Å². The van der Waals surface area contributed by atoms with Crippen LogP contribution in [0, 0.1) is 23.5 Å². The van der Waals surface area contributed by atoms with E-state index in [4.69, 9.17) is 4.74 Å². The van der Waals surface area contributed by atoms with Gasteiger partial charge < -0.3 is 20.4 Å². The number of halogens is 2. The molecule has 1 fully saturated rings. The normalized spacial score (nSPS) is 14.7. The van der Waals surface area contributed by atoms with Gasteiger partial charge in [-0.1, -0.05) is 43.3 Å². The second-order valence-electron chi connectivity index (χ2n) is 12.6. The number of rotatable bonds is 10. The van der Waals surface area contributed by atoms with Crippen molar-refractivity contribution in [2.45, 2.75) is 65.0 Å². The molecule has 226 valence electrons. The van der Waals surface area contributed by atoms with Gasteiger partial charge in [0.25, 0.3) is 5.91 Å². The van der Waals surface area contributed by atoms with Gasteiger partial charge in [-0.3, -0.25) is 4.79 Å². The topological polar surface area (TPSA) is 83.2 Å². The van der Waals surface area contributed by atoms with Crippen molar-refractivity contribution in [3.8, 4) is 22.3 Å². The highest BCUT2D eigenvalue weighted by atomic mass is 19.1. The van der Waals surface area contributed by atoms with Crippen LogP contribution in [-0.4, -0.2) is 35.2 Å². The highest BCUT2D eigenvalue weighted by Gasteiger charge is 2.33. The number of aromatic amines is 1. The Kier molecular flexibility index (Phi) is 8.85. The third kappa shape index (κ3) is 7.80. The predicted octanol–water partition coefficient (Wildman–Crippen LogP) is 8.23. The van der Waals surface area contributed by atoms with Crippen LogP contribution in [0.3, 0.4) is 0 Å². The van der Waals surface area contributed by atoms with Crippen LogP contribution in [0.1, 0.15) is 63.9 Å². The Labute approximate surface area is 251 Å². The lowest BCUT2D eigenvalue weighted by Gasteiger charge is -2.24. The van der Waals surface area contributed by atoms with Crippen LogP contribution in [0.5, 0.6) is 0 Å². The Bertz CT molecular complexity index is 1590. The quantitative estimate of drug-likeness (QED) is 0.175. The van der Waals surface area contributed by atoms with Gasteiger partial charge in [0, 0.05) is 29.1 Å². The van der Waals surface area contributed by atoms with Gasteiger partial charge in [-0.25, -0.2) is 13.6 Å². The smallest absolute Gasteiger partial charge is 0.407 e. The van der Waals surface area contributed by atoms with E-state index in [9.17, 15) is 18.4 Å². The molecule has 2 amide bonds. The van der Waals surface area contributed by atoms with Gasteiger partial charge in [-0.2, -0.15) is 0 Å². The second-order valence-corrected chi connectivity index (χ2v) is 12.6. The maximum absolute atomic E-state index is 13.8. The van der Waals surface area contributed by atoms with E-state index in [1.807, 2.05) is 39.0 Å². The zero-order chi connectivity index (χ0) is 30.7. The maximum atomic E-state index is 13.8. The van der Waals surface area contributed by atoms with Gasteiger partial charge in [0.15, 0.2) is 0 Å². The van der Waals surface area contributed by atoms with Crippen LogP contribution in [0.4, 0.5) is 13.6 Å². The molecule has 1 unspecified atom stereocenters. The molecular formula is C35H39F2N3O3. The van der Waals surface area contributed by atoms with Crippen molar-refractivity contribution in [1.29, 1.82) is 0 Å². The lowest BCUT2D eigenvalue weighted by atomic mass is 9.98. The number of fused-ring (bicyclic) bond motifs is 1. The molecule has 3 aromatic carbocycles. The van der Waals surface area contributed by atoms with Gasteiger partial charge in [0.2, 0.25) is 0 Å². The third-order valence-electron chi connectivity index (χ3n) is 7.81. The van der Waals surface area contributed by atoms with Gasteiger partial charge in [0.1, 0.15) is 22.9 Å². The van der Waals surface area contributed by atoms with Crippen LogP contribution in [0.15, 0.2) is 66.7 Å². The fraction of sp³-hybridized carbons (Fsp3) is 0.371. The van der Waals surface area contributed by atoms with E-state index in [0.29, 0.717) is 23.7 Å². The molecule has 1 saturated carbocycles. The maximum Gasteiger partial charge on any atom is 0.407 e. The fourth-order valence-electron chi connectivity index (χ4n) is 5.41. The van der Waals surface area contributed by atoms with Gasteiger partial charge in [0.05, 0.1) is 0 Å². The number of aromatic nitrogens is 1. The number of carbonyl (C=O) groups is 2. The number of carbonyl (C=O) groups excluding carboxylic acids is 2. The fourth-order valence-corrected chi connectivity index (χ4v) is 5.41. The number of alkyl carbamates (subject to hydrolysis) is 1. The summed E-state index contributed by atoms with van der Waals surface area (Å²) in [7, 11) is 0. The lowest BCUT2D eigenvalue weighted by Crippen LogP contribution is -2.40. The van der Waals surface area contributed by atoms with E-state index in [-0.39, 0.29) is 35.6 Å². The number of hydrogen-bond acceptors (Lipinski definition) is 3. The highest BCUT2D eigenvalue weighted by Crippen LogP contribution is 2.36. The molecule has 3 N–H and O–H groups in total. The Morgan fingerprint density at radius 2 is 1.51 bits per heavy atom. The van der Waals surface area contributed by atoms with E-state index in [1.54, 1.807) is 24.3 Å². The van der Waals surface area contributed by atoms with E-state index in [2.05, 4.69) is 22.5 Å². The molecule has 2 atom stereocenters. The third-order valence-corrected chi connectivity index (χ3v) is 7.81. The summed E-state index contributed by atoms with van der Waals surface area (Å²) >= 11 is 0. The molecular weight excluding hydrogens is 548 g/mol. The minimum Gasteiger partial charge on any atom is -0.444 e. The van der Waals surface area contributed by atoms with E-state index in [1.165, 1.54) is 24.3 Å². The predicted molar refractivity (Wildman–Crippen MR) is 166 cm³/mol. The van der Waals surface area contributed by atoms with Crippen molar-refractivity contribution in [2.24, 2.45) is 11.8 Å². The Hall–Kier alpha value is -4.20. The molecule has 0 aliphatic heterocycles. The minimum atomic E-state index is -0.548. The first-order valence-electron chi connectivity index (χ1n) is 14.9. The molecule has 43 heavy (non-hydrogen) atoms. The van der Waals surface area contributed by atoms with Crippen molar-refractivity contribution in [2.75, 3.05) is 6.54 Å². The van der Waals surface area contributed by atoms with E-state index < -0.39 is 5.60 Å². The van der Waals surface area contributed by atoms with Crippen molar-refractivity contribution in [1.82, 2.24) is 15.6 Å². The molecule has 4 aromatic rings. The Morgan fingerprint density at radius 3 is 2.12 bits per heavy atom. The summed E-state index contributed by atoms with van der Waals surface area (Å²) in [6, 6.07) is 18.2. The summed E-state index contributed by atoms with van der Waals surface area (Å²) < 4.78 is 32.7. The first-order chi connectivity index (χ1) is 20.5. The van der Waals surface area contributed by atoms with Crippen LogP contribution in [-0.2, 0) is 4.74 Å². The Morgan fingerprint density at radius 1 is 0.907 bits per heavy atom. The molecule has 5 rings (SSSR count). The number of benzene rings is 3. The molecule has 0 saturated heterocycles. The summed E-state index contributed by atoms with van der Waals surface area (Å²) in [5.41, 5.74) is 3.75.